The van der Waals surface area contributed by atoms with Crippen molar-refractivity contribution in [3.05, 3.63) is 10.6 Å². The number of carbonyl (C=O) groups excluding carboxylic acids is 1. The molecular weight excluding hydrogens is 230 g/mol. The fraction of sp³-hybridized carbons (Fsp3) is 0.556. The minimum Gasteiger partial charge on any atom is -0.480 e. The largest absolute Gasteiger partial charge is 0.480 e. The topological polar surface area (TPSA) is 92.2 Å². The minimum absolute atomic E-state index is 0.372. The molecule has 0 saturated heterocycles. The first kappa shape index (κ1) is 12.6. The average molecular weight is 243 g/mol. The van der Waals surface area contributed by atoms with E-state index in [0.29, 0.717) is 17.0 Å². The smallest absolute Gasteiger partial charge is 0.328 e. The van der Waals surface area contributed by atoms with Crippen molar-refractivity contribution in [3.63, 3.8) is 0 Å². The highest BCUT2D eigenvalue weighted by molar-refractivity contribution is 7.08. The third-order valence-electron chi connectivity index (χ3n) is 2.06. The summed E-state index contributed by atoms with van der Waals surface area (Å²) in [5, 5.41) is 15.1. The van der Waals surface area contributed by atoms with Gasteiger partial charge < -0.3 is 10.4 Å². The van der Waals surface area contributed by atoms with Crippen LogP contribution in [0.3, 0.4) is 0 Å². The number of nitrogens with zero attached hydrogens (tertiary/aromatic N) is 2. The van der Waals surface area contributed by atoms with Crippen LogP contribution in [0.4, 0.5) is 0 Å². The van der Waals surface area contributed by atoms with Gasteiger partial charge in [-0.1, -0.05) is 11.4 Å². The van der Waals surface area contributed by atoms with Crippen LogP contribution in [-0.2, 0) is 11.2 Å². The van der Waals surface area contributed by atoms with E-state index in [1.54, 1.807) is 0 Å². The van der Waals surface area contributed by atoms with Crippen LogP contribution in [0.2, 0.25) is 0 Å². The number of hydrogen-bond donors (Lipinski definition) is 2. The van der Waals surface area contributed by atoms with Crippen molar-refractivity contribution in [2.45, 2.75) is 32.7 Å². The predicted molar refractivity (Wildman–Crippen MR) is 58.5 cm³/mol. The predicted octanol–water partition coefficient (Wildman–Crippen LogP) is 0.694. The summed E-state index contributed by atoms with van der Waals surface area (Å²) in [5.41, 5.74) is -0.713. The van der Waals surface area contributed by atoms with Crippen molar-refractivity contribution in [1.82, 2.24) is 14.9 Å². The maximum absolute atomic E-state index is 11.8. The fourth-order valence-corrected chi connectivity index (χ4v) is 1.65. The molecule has 1 rings (SSSR count). The van der Waals surface area contributed by atoms with Crippen molar-refractivity contribution in [1.29, 1.82) is 0 Å². The minimum atomic E-state index is -1.30. The van der Waals surface area contributed by atoms with Crippen molar-refractivity contribution < 1.29 is 14.7 Å². The van der Waals surface area contributed by atoms with Gasteiger partial charge >= 0.3 is 5.97 Å². The lowest BCUT2D eigenvalue weighted by molar-refractivity contribution is -0.143. The molecule has 1 amide bonds. The van der Waals surface area contributed by atoms with Crippen LogP contribution in [0.1, 0.15) is 36.1 Å². The Bertz CT molecular complexity index is 414. The van der Waals surface area contributed by atoms with E-state index in [1.165, 1.54) is 13.8 Å². The first-order valence-corrected chi connectivity index (χ1v) is 5.53. The van der Waals surface area contributed by atoms with Gasteiger partial charge in [-0.05, 0) is 31.8 Å². The summed E-state index contributed by atoms with van der Waals surface area (Å²) < 4.78 is 3.67. The molecular formula is C9H13N3O3S. The van der Waals surface area contributed by atoms with Gasteiger partial charge in [-0.2, -0.15) is 0 Å². The second-order valence-corrected chi connectivity index (χ2v) is 4.54. The van der Waals surface area contributed by atoms with Crippen LogP contribution in [-0.4, -0.2) is 32.1 Å². The summed E-state index contributed by atoms with van der Waals surface area (Å²) in [4.78, 5) is 23.0. The highest BCUT2D eigenvalue weighted by Crippen LogP contribution is 2.13. The SMILES string of the molecule is CCc1nnsc1C(=O)NC(C)(C)C(=O)O. The molecule has 1 aromatic heterocycles. The number of carbonyl (C=O) groups is 2. The number of hydrogen-bond acceptors (Lipinski definition) is 5. The standard InChI is InChI=1S/C9H13N3O3S/c1-4-5-6(16-12-11-5)7(13)10-9(2,3)8(14)15/h4H2,1-3H3,(H,10,13)(H,14,15). The molecule has 0 aliphatic heterocycles. The Morgan fingerprint density at radius 2 is 2.12 bits per heavy atom. The Balaban J connectivity index is 2.85. The number of carboxylic acids is 1. The lowest BCUT2D eigenvalue weighted by Crippen LogP contribution is -2.49. The zero-order chi connectivity index (χ0) is 12.3. The van der Waals surface area contributed by atoms with Crippen molar-refractivity contribution in [2.24, 2.45) is 0 Å². The molecule has 0 bridgehead atoms. The van der Waals surface area contributed by atoms with Crippen LogP contribution in [0.5, 0.6) is 0 Å². The molecule has 0 aliphatic carbocycles. The van der Waals surface area contributed by atoms with Gasteiger partial charge in [0.15, 0.2) is 0 Å². The van der Waals surface area contributed by atoms with Gasteiger partial charge in [0, 0.05) is 0 Å². The molecule has 0 aliphatic rings. The third kappa shape index (κ3) is 2.54. The third-order valence-corrected chi connectivity index (χ3v) is 2.82. The van der Waals surface area contributed by atoms with E-state index >= 15 is 0 Å². The molecule has 1 aromatic rings. The summed E-state index contributed by atoms with van der Waals surface area (Å²) in [7, 11) is 0. The van der Waals surface area contributed by atoms with Crippen LogP contribution >= 0.6 is 11.5 Å². The molecule has 1 heterocycles. The summed E-state index contributed by atoms with van der Waals surface area (Å²) in [6.07, 6.45) is 0.590. The molecule has 0 unspecified atom stereocenters. The Hall–Kier alpha value is -1.50. The van der Waals surface area contributed by atoms with Crippen molar-refractivity contribution >= 4 is 23.4 Å². The van der Waals surface area contributed by atoms with Gasteiger partial charge in [0.2, 0.25) is 0 Å². The molecule has 6 nitrogen and oxygen atoms in total. The average Bonchev–Trinajstić information content (AvgIpc) is 2.64. The van der Waals surface area contributed by atoms with Crippen LogP contribution in [0.25, 0.3) is 0 Å². The van der Waals surface area contributed by atoms with E-state index in [9.17, 15) is 9.59 Å². The summed E-state index contributed by atoms with van der Waals surface area (Å²) in [6, 6.07) is 0. The molecule has 16 heavy (non-hydrogen) atoms. The fourth-order valence-electron chi connectivity index (χ4n) is 1.01. The Morgan fingerprint density at radius 1 is 1.50 bits per heavy atom. The molecule has 7 heteroatoms. The number of aliphatic carboxylic acids is 1. The molecule has 0 spiro atoms. The zero-order valence-corrected chi connectivity index (χ0v) is 10.1. The van der Waals surface area contributed by atoms with Gasteiger partial charge in [0.05, 0.1) is 5.69 Å². The number of aryl methyl sites for hydroxylation is 1. The van der Waals surface area contributed by atoms with E-state index in [2.05, 4.69) is 14.9 Å². The lowest BCUT2D eigenvalue weighted by Gasteiger charge is -2.20. The van der Waals surface area contributed by atoms with Crippen molar-refractivity contribution in [3.8, 4) is 0 Å². The van der Waals surface area contributed by atoms with E-state index < -0.39 is 17.4 Å². The first-order valence-electron chi connectivity index (χ1n) is 4.75. The van der Waals surface area contributed by atoms with Gasteiger partial charge in [0.25, 0.3) is 5.91 Å². The highest BCUT2D eigenvalue weighted by atomic mass is 32.1. The van der Waals surface area contributed by atoms with Crippen LogP contribution in [0, 0.1) is 0 Å². The van der Waals surface area contributed by atoms with Gasteiger partial charge in [0.1, 0.15) is 10.4 Å². The molecule has 2 N–H and O–H groups in total. The number of carboxylic acid groups (broad SMARTS) is 1. The first-order chi connectivity index (χ1) is 7.38. The molecule has 0 fully saturated rings. The lowest BCUT2D eigenvalue weighted by atomic mass is 10.1. The van der Waals surface area contributed by atoms with E-state index in [4.69, 9.17) is 5.11 Å². The van der Waals surface area contributed by atoms with Crippen molar-refractivity contribution in [2.75, 3.05) is 0 Å². The number of aromatic nitrogens is 2. The number of nitrogens with one attached hydrogen (secondary N) is 1. The quantitative estimate of drug-likeness (QED) is 0.811. The van der Waals surface area contributed by atoms with Crippen LogP contribution < -0.4 is 5.32 Å². The summed E-state index contributed by atoms with van der Waals surface area (Å²) in [6.45, 7) is 4.70. The Kier molecular flexibility index (Phi) is 3.58. The maximum Gasteiger partial charge on any atom is 0.328 e. The molecule has 0 atom stereocenters. The monoisotopic (exact) mass is 243 g/mol. The van der Waals surface area contributed by atoms with E-state index in [1.807, 2.05) is 6.92 Å². The molecule has 0 radical (unpaired) electrons. The second kappa shape index (κ2) is 4.56. The zero-order valence-electron chi connectivity index (χ0n) is 9.27. The Labute approximate surface area is 96.8 Å². The molecule has 0 saturated carbocycles. The summed E-state index contributed by atoms with van der Waals surface area (Å²) in [5.74, 6) is -1.53. The van der Waals surface area contributed by atoms with Gasteiger partial charge in [-0.25, -0.2) is 4.79 Å². The van der Waals surface area contributed by atoms with Crippen LogP contribution in [0.15, 0.2) is 0 Å². The Morgan fingerprint density at radius 3 is 2.62 bits per heavy atom. The highest BCUT2D eigenvalue weighted by Gasteiger charge is 2.30. The normalized spacial score (nSPS) is 11.2. The van der Waals surface area contributed by atoms with Gasteiger partial charge in [-0.15, -0.1) is 5.10 Å². The summed E-state index contributed by atoms with van der Waals surface area (Å²) >= 11 is 0.969. The molecule has 0 aromatic carbocycles. The van der Waals surface area contributed by atoms with E-state index in [-0.39, 0.29) is 0 Å². The second-order valence-electron chi connectivity index (χ2n) is 3.79. The van der Waals surface area contributed by atoms with Gasteiger partial charge in [-0.3, -0.25) is 4.79 Å². The van der Waals surface area contributed by atoms with E-state index in [0.717, 1.165) is 11.5 Å². The number of amides is 1. The maximum atomic E-state index is 11.8. The number of rotatable bonds is 4. The molecule has 88 valence electrons.